The summed E-state index contributed by atoms with van der Waals surface area (Å²) in [5, 5.41) is 0. The van der Waals surface area contributed by atoms with Crippen LogP contribution in [-0.4, -0.2) is 6.54 Å². The summed E-state index contributed by atoms with van der Waals surface area (Å²) in [5.41, 5.74) is 3.55. The highest BCUT2D eigenvalue weighted by Gasteiger charge is 1.87. The quantitative estimate of drug-likeness (QED) is 0.329. The summed E-state index contributed by atoms with van der Waals surface area (Å²) >= 11 is 0. The number of hydrogen-bond acceptors (Lipinski definition) is 1. The monoisotopic (exact) mass is 143 g/mol. The largest absolute Gasteiger partial charge is 0.254 e. The standard InChI is InChI=1S/C8H19N2/c1-2-3-4-5-6-7-8-10-9/h2-9H2,1H3. The van der Waals surface area contributed by atoms with Crippen molar-refractivity contribution in [3.63, 3.8) is 0 Å². The normalized spacial score (nSPS) is 10.2. The number of unbranched alkanes of at least 4 members (excludes halogenated alkanes) is 5. The van der Waals surface area contributed by atoms with Gasteiger partial charge in [-0.3, -0.25) is 5.84 Å². The molecule has 0 aromatic heterocycles. The minimum atomic E-state index is 0.839. The van der Waals surface area contributed by atoms with E-state index in [2.05, 4.69) is 12.3 Å². The van der Waals surface area contributed by atoms with E-state index in [-0.39, 0.29) is 0 Å². The third-order valence-corrected chi connectivity index (χ3v) is 1.64. The molecule has 0 spiro atoms. The van der Waals surface area contributed by atoms with Gasteiger partial charge in [-0.2, -0.15) is 5.43 Å². The van der Waals surface area contributed by atoms with Gasteiger partial charge in [-0.05, 0) is 6.42 Å². The minimum Gasteiger partial charge on any atom is -0.254 e. The molecule has 2 heteroatoms. The van der Waals surface area contributed by atoms with E-state index < -0.39 is 0 Å². The molecule has 0 bridgehead atoms. The maximum Gasteiger partial charge on any atom is 0.0301 e. The van der Waals surface area contributed by atoms with Gasteiger partial charge < -0.3 is 0 Å². The predicted molar refractivity (Wildman–Crippen MR) is 44.6 cm³/mol. The van der Waals surface area contributed by atoms with Gasteiger partial charge in [0.2, 0.25) is 0 Å². The van der Waals surface area contributed by atoms with Crippen molar-refractivity contribution in [2.45, 2.75) is 45.4 Å². The summed E-state index contributed by atoms with van der Waals surface area (Å²) in [6.07, 6.45) is 7.88. The molecular weight excluding hydrogens is 124 g/mol. The maximum atomic E-state index is 4.99. The first-order valence-electron chi connectivity index (χ1n) is 4.28. The molecule has 2 N–H and O–H groups in total. The van der Waals surface area contributed by atoms with Crippen LogP contribution in [0.4, 0.5) is 0 Å². The van der Waals surface area contributed by atoms with Gasteiger partial charge in [-0.1, -0.05) is 39.0 Å². The fourth-order valence-corrected chi connectivity index (χ4v) is 0.983. The van der Waals surface area contributed by atoms with Crippen molar-refractivity contribution >= 4 is 0 Å². The van der Waals surface area contributed by atoms with Crippen LogP contribution in [0.3, 0.4) is 0 Å². The zero-order valence-electron chi connectivity index (χ0n) is 6.97. The fourth-order valence-electron chi connectivity index (χ4n) is 0.983. The Labute approximate surface area is 64.2 Å². The second kappa shape index (κ2) is 8.92. The molecule has 0 aliphatic carbocycles. The Hall–Kier alpha value is -0.0800. The Morgan fingerprint density at radius 2 is 1.60 bits per heavy atom. The topological polar surface area (TPSA) is 40.1 Å². The molecule has 10 heavy (non-hydrogen) atoms. The molecule has 0 aromatic carbocycles. The highest BCUT2D eigenvalue weighted by molar-refractivity contribution is 4.44. The molecule has 0 aliphatic rings. The van der Waals surface area contributed by atoms with Crippen LogP contribution in [0.5, 0.6) is 0 Å². The van der Waals surface area contributed by atoms with E-state index >= 15 is 0 Å². The van der Waals surface area contributed by atoms with Gasteiger partial charge in [0, 0.05) is 6.54 Å². The Balaban J connectivity index is 2.65. The molecule has 0 aliphatic heterocycles. The van der Waals surface area contributed by atoms with Gasteiger partial charge in [0.15, 0.2) is 0 Å². The number of nitrogens with two attached hydrogens (primary N) is 1. The van der Waals surface area contributed by atoms with Crippen molar-refractivity contribution in [1.82, 2.24) is 5.43 Å². The molecule has 0 rings (SSSR count). The first-order valence-corrected chi connectivity index (χ1v) is 4.28. The first kappa shape index (κ1) is 9.92. The molecule has 0 aromatic rings. The second-order valence-corrected chi connectivity index (χ2v) is 2.67. The summed E-state index contributed by atoms with van der Waals surface area (Å²) in [7, 11) is 0. The van der Waals surface area contributed by atoms with Crippen molar-refractivity contribution in [2.75, 3.05) is 6.54 Å². The Morgan fingerprint density at radius 3 is 2.20 bits per heavy atom. The summed E-state index contributed by atoms with van der Waals surface area (Å²) in [6, 6.07) is 0. The SMILES string of the molecule is CCCCCCCC[N]N. The molecule has 0 amide bonds. The molecular formula is C8H19N2. The third kappa shape index (κ3) is 7.92. The van der Waals surface area contributed by atoms with Gasteiger partial charge >= 0.3 is 0 Å². The van der Waals surface area contributed by atoms with Gasteiger partial charge in [0.1, 0.15) is 0 Å². The highest BCUT2D eigenvalue weighted by Crippen LogP contribution is 2.03. The number of nitrogens with zero attached hydrogens (tertiary/aromatic N) is 1. The number of rotatable bonds is 7. The fraction of sp³-hybridized carbons (Fsp3) is 1.00. The van der Waals surface area contributed by atoms with Crippen LogP contribution < -0.4 is 11.3 Å². The van der Waals surface area contributed by atoms with E-state index in [9.17, 15) is 0 Å². The van der Waals surface area contributed by atoms with Crippen LogP contribution in [0.1, 0.15) is 45.4 Å². The molecule has 0 saturated heterocycles. The Kier molecular flexibility index (Phi) is 8.85. The van der Waals surface area contributed by atoms with Gasteiger partial charge in [-0.15, -0.1) is 0 Å². The van der Waals surface area contributed by atoms with Crippen molar-refractivity contribution in [1.29, 1.82) is 0 Å². The summed E-state index contributed by atoms with van der Waals surface area (Å²) in [6.45, 7) is 3.07. The van der Waals surface area contributed by atoms with E-state index in [0.717, 1.165) is 6.54 Å². The van der Waals surface area contributed by atoms with Gasteiger partial charge in [0.25, 0.3) is 0 Å². The van der Waals surface area contributed by atoms with Crippen LogP contribution in [0.25, 0.3) is 0 Å². The summed E-state index contributed by atoms with van der Waals surface area (Å²) in [5.74, 6) is 4.99. The molecule has 0 atom stereocenters. The maximum absolute atomic E-state index is 4.99. The van der Waals surface area contributed by atoms with Gasteiger partial charge in [0.05, 0.1) is 0 Å². The van der Waals surface area contributed by atoms with Crippen LogP contribution in [0, 0.1) is 0 Å². The molecule has 61 valence electrons. The average molecular weight is 143 g/mol. The molecule has 2 nitrogen and oxygen atoms in total. The van der Waals surface area contributed by atoms with E-state index in [1.807, 2.05) is 0 Å². The van der Waals surface area contributed by atoms with E-state index in [4.69, 9.17) is 5.84 Å². The lowest BCUT2D eigenvalue weighted by atomic mass is 10.1. The zero-order chi connectivity index (χ0) is 7.66. The molecule has 0 fully saturated rings. The zero-order valence-corrected chi connectivity index (χ0v) is 6.97. The highest BCUT2D eigenvalue weighted by atomic mass is 15.2. The van der Waals surface area contributed by atoms with Crippen molar-refractivity contribution in [3.05, 3.63) is 0 Å². The van der Waals surface area contributed by atoms with E-state index in [0.29, 0.717) is 0 Å². The summed E-state index contributed by atoms with van der Waals surface area (Å²) in [4.78, 5) is 0. The average Bonchev–Trinajstić information content (AvgIpc) is 1.97. The van der Waals surface area contributed by atoms with Crippen molar-refractivity contribution < 1.29 is 0 Å². The summed E-state index contributed by atoms with van der Waals surface area (Å²) < 4.78 is 0. The van der Waals surface area contributed by atoms with Crippen LogP contribution in [0.15, 0.2) is 0 Å². The molecule has 0 saturated carbocycles. The lowest BCUT2D eigenvalue weighted by molar-refractivity contribution is 0.576. The Bertz CT molecular complexity index is 47.2. The Morgan fingerprint density at radius 1 is 1.00 bits per heavy atom. The van der Waals surface area contributed by atoms with Crippen LogP contribution in [0.2, 0.25) is 0 Å². The molecule has 0 heterocycles. The van der Waals surface area contributed by atoms with Crippen molar-refractivity contribution in [3.8, 4) is 0 Å². The van der Waals surface area contributed by atoms with Crippen molar-refractivity contribution in [2.24, 2.45) is 5.84 Å². The molecule has 1 radical (unpaired) electrons. The van der Waals surface area contributed by atoms with Gasteiger partial charge in [-0.25, -0.2) is 0 Å². The minimum absolute atomic E-state index is 0.839. The predicted octanol–water partition coefficient (Wildman–Crippen LogP) is 1.82. The third-order valence-electron chi connectivity index (χ3n) is 1.64. The van der Waals surface area contributed by atoms with E-state index in [1.165, 1.54) is 38.5 Å². The second-order valence-electron chi connectivity index (χ2n) is 2.67. The lowest BCUT2D eigenvalue weighted by Crippen LogP contribution is -2.13. The lowest BCUT2D eigenvalue weighted by Gasteiger charge is -1.97. The van der Waals surface area contributed by atoms with Crippen LogP contribution >= 0.6 is 0 Å². The first-order chi connectivity index (χ1) is 4.91. The molecule has 0 unspecified atom stereocenters. The smallest absolute Gasteiger partial charge is 0.0301 e. The van der Waals surface area contributed by atoms with Crippen LogP contribution in [-0.2, 0) is 0 Å². The number of hydrogen-bond donors (Lipinski definition) is 1. The van der Waals surface area contributed by atoms with E-state index in [1.54, 1.807) is 0 Å².